The van der Waals surface area contributed by atoms with Gasteiger partial charge in [-0.2, -0.15) is 0 Å². The first kappa shape index (κ1) is 23.2. The van der Waals surface area contributed by atoms with Crippen LogP contribution in [0.4, 0.5) is 5.69 Å². The van der Waals surface area contributed by atoms with Crippen LogP contribution in [0.1, 0.15) is 40.7 Å². The normalized spacial score (nSPS) is 10.9. The predicted molar refractivity (Wildman–Crippen MR) is 136 cm³/mol. The van der Waals surface area contributed by atoms with Crippen molar-refractivity contribution < 1.29 is 9.59 Å². The monoisotopic (exact) mass is 454 g/mol. The van der Waals surface area contributed by atoms with Crippen molar-refractivity contribution in [2.75, 3.05) is 11.9 Å². The second kappa shape index (κ2) is 10.8. The van der Waals surface area contributed by atoms with Gasteiger partial charge < -0.3 is 15.2 Å². The number of aromatic nitrogens is 2. The van der Waals surface area contributed by atoms with Crippen molar-refractivity contribution in [1.82, 2.24) is 14.9 Å². The van der Waals surface area contributed by atoms with Gasteiger partial charge in [0, 0.05) is 24.2 Å². The number of rotatable bonds is 9. The molecule has 6 heteroatoms. The number of benzene rings is 3. The summed E-state index contributed by atoms with van der Waals surface area (Å²) in [6.45, 7) is 4.79. The summed E-state index contributed by atoms with van der Waals surface area (Å²) in [7, 11) is 0. The lowest BCUT2D eigenvalue weighted by Crippen LogP contribution is -2.25. The van der Waals surface area contributed by atoms with Gasteiger partial charge in [-0.25, -0.2) is 4.98 Å². The molecule has 2 amide bonds. The summed E-state index contributed by atoms with van der Waals surface area (Å²) in [5.74, 6) is 0.662. The molecule has 0 aliphatic rings. The first-order valence-corrected chi connectivity index (χ1v) is 11.7. The molecule has 0 unspecified atom stereocenters. The minimum Gasteiger partial charge on any atom is -0.352 e. The third-order valence-electron chi connectivity index (χ3n) is 5.82. The Hall–Kier alpha value is -3.93. The number of nitrogens with one attached hydrogen (secondary N) is 2. The van der Waals surface area contributed by atoms with Gasteiger partial charge in [0.1, 0.15) is 12.4 Å². The molecule has 0 atom stereocenters. The zero-order chi connectivity index (χ0) is 23.9. The summed E-state index contributed by atoms with van der Waals surface area (Å²) in [6.07, 6.45) is 2.34. The number of carbonyl (C=O) groups excluding carboxylic acids is 2. The Morgan fingerprint density at radius 2 is 1.76 bits per heavy atom. The first-order valence-electron chi connectivity index (χ1n) is 11.7. The van der Waals surface area contributed by atoms with E-state index in [9.17, 15) is 9.59 Å². The maximum atomic E-state index is 12.8. The van der Waals surface area contributed by atoms with Crippen molar-refractivity contribution in [2.24, 2.45) is 0 Å². The van der Waals surface area contributed by atoms with E-state index in [1.165, 1.54) is 5.56 Å². The minimum absolute atomic E-state index is 0.0781. The van der Waals surface area contributed by atoms with E-state index < -0.39 is 0 Å². The summed E-state index contributed by atoms with van der Waals surface area (Å²) >= 11 is 0. The molecule has 0 radical (unpaired) electrons. The molecule has 4 rings (SSSR count). The highest BCUT2D eigenvalue weighted by molar-refractivity contribution is 5.94. The van der Waals surface area contributed by atoms with Crippen molar-refractivity contribution in [3.05, 3.63) is 95.3 Å². The molecule has 0 bridgehead atoms. The largest absolute Gasteiger partial charge is 0.352 e. The van der Waals surface area contributed by atoms with Gasteiger partial charge in [-0.1, -0.05) is 48.9 Å². The number of hydrogen-bond donors (Lipinski definition) is 2. The topological polar surface area (TPSA) is 76.0 Å². The third kappa shape index (κ3) is 5.70. The average Bonchev–Trinajstić information content (AvgIpc) is 3.19. The quantitative estimate of drug-likeness (QED) is 0.353. The number of fused-ring (bicyclic) bond motifs is 1. The second-order valence-corrected chi connectivity index (χ2v) is 8.43. The van der Waals surface area contributed by atoms with Gasteiger partial charge in [0.15, 0.2) is 0 Å². The van der Waals surface area contributed by atoms with Gasteiger partial charge in [-0.05, 0) is 61.7 Å². The number of para-hydroxylation sites is 2. The Morgan fingerprint density at radius 3 is 2.53 bits per heavy atom. The van der Waals surface area contributed by atoms with Gasteiger partial charge in [0.25, 0.3) is 5.91 Å². The van der Waals surface area contributed by atoms with Gasteiger partial charge in [-0.3, -0.25) is 9.59 Å². The van der Waals surface area contributed by atoms with E-state index in [-0.39, 0.29) is 18.4 Å². The molecule has 0 spiro atoms. The molecule has 1 aromatic heterocycles. The summed E-state index contributed by atoms with van der Waals surface area (Å²) in [6, 6.07) is 23.3. The molecule has 0 aliphatic heterocycles. The van der Waals surface area contributed by atoms with Crippen LogP contribution in [0.2, 0.25) is 0 Å². The van der Waals surface area contributed by atoms with Crippen molar-refractivity contribution in [3.63, 3.8) is 0 Å². The lowest BCUT2D eigenvalue weighted by Gasteiger charge is -2.11. The zero-order valence-corrected chi connectivity index (χ0v) is 19.7. The predicted octanol–water partition coefficient (Wildman–Crippen LogP) is 4.91. The van der Waals surface area contributed by atoms with Crippen LogP contribution in [0, 0.1) is 6.92 Å². The molecule has 6 nitrogen and oxygen atoms in total. The van der Waals surface area contributed by atoms with Gasteiger partial charge in [-0.15, -0.1) is 0 Å². The Morgan fingerprint density at radius 1 is 0.971 bits per heavy atom. The van der Waals surface area contributed by atoms with Crippen molar-refractivity contribution in [3.8, 4) is 0 Å². The molecule has 4 aromatic rings. The molecule has 3 aromatic carbocycles. The van der Waals surface area contributed by atoms with E-state index >= 15 is 0 Å². The van der Waals surface area contributed by atoms with Crippen LogP contribution >= 0.6 is 0 Å². The minimum atomic E-state index is -0.0959. The maximum absolute atomic E-state index is 12.8. The fourth-order valence-corrected chi connectivity index (χ4v) is 4.00. The van der Waals surface area contributed by atoms with Crippen LogP contribution in [-0.2, 0) is 24.2 Å². The van der Waals surface area contributed by atoms with Crippen molar-refractivity contribution in [2.45, 2.75) is 39.7 Å². The zero-order valence-electron chi connectivity index (χ0n) is 19.7. The van der Waals surface area contributed by atoms with Gasteiger partial charge in [0.2, 0.25) is 5.91 Å². The number of hydrogen-bond acceptors (Lipinski definition) is 3. The molecule has 0 saturated heterocycles. The SMILES string of the molecule is CCc1ccc(NC(=O)Cn2c(CCCNC(=O)c3cccc(C)c3)nc3ccccc32)cc1. The highest BCUT2D eigenvalue weighted by Crippen LogP contribution is 2.18. The van der Waals surface area contributed by atoms with E-state index in [2.05, 4.69) is 17.6 Å². The van der Waals surface area contributed by atoms with Crippen molar-refractivity contribution in [1.29, 1.82) is 0 Å². The highest BCUT2D eigenvalue weighted by Gasteiger charge is 2.14. The molecule has 0 saturated carbocycles. The van der Waals surface area contributed by atoms with E-state index in [1.807, 2.05) is 84.3 Å². The summed E-state index contributed by atoms with van der Waals surface area (Å²) < 4.78 is 1.97. The first-order chi connectivity index (χ1) is 16.5. The summed E-state index contributed by atoms with van der Waals surface area (Å²) in [4.78, 5) is 30.0. The van der Waals surface area contributed by atoms with E-state index in [0.29, 0.717) is 18.5 Å². The number of carbonyl (C=O) groups is 2. The molecular formula is C28H30N4O2. The molecule has 0 fully saturated rings. The Kier molecular flexibility index (Phi) is 7.38. The van der Waals surface area contributed by atoms with Crippen LogP contribution in [0.25, 0.3) is 11.0 Å². The van der Waals surface area contributed by atoms with E-state index in [4.69, 9.17) is 4.98 Å². The standard InChI is InChI=1S/C28H30N4O2/c1-3-21-13-15-23(16-14-21)30-27(33)19-32-25-11-5-4-10-24(25)31-26(32)12-7-17-29-28(34)22-9-6-8-20(2)18-22/h4-6,8-11,13-16,18H,3,7,12,17,19H2,1-2H3,(H,29,34)(H,30,33). The van der Waals surface area contributed by atoms with Crippen LogP contribution < -0.4 is 10.6 Å². The van der Waals surface area contributed by atoms with E-state index in [1.54, 1.807) is 0 Å². The van der Waals surface area contributed by atoms with Crippen LogP contribution in [0.5, 0.6) is 0 Å². The van der Waals surface area contributed by atoms with Crippen LogP contribution in [0.15, 0.2) is 72.8 Å². The summed E-state index contributed by atoms with van der Waals surface area (Å²) in [5, 5.41) is 5.96. The Labute approximate surface area is 200 Å². The number of anilines is 1. The van der Waals surface area contributed by atoms with Crippen molar-refractivity contribution >= 4 is 28.5 Å². The van der Waals surface area contributed by atoms with Crippen LogP contribution in [-0.4, -0.2) is 27.9 Å². The molecular weight excluding hydrogens is 424 g/mol. The smallest absolute Gasteiger partial charge is 0.251 e. The highest BCUT2D eigenvalue weighted by atomic mass is 16.2. The number of aryl methyl sites for hydroxylation is 3. The fourth-order valence-electron chi connectivity index (χ4n) is 4.00. The molecule has 1 heterocycles. The number of imidazole rings is 1. The van der Waals surface area contributed by atoms with Gasteiger partial charge in [0.05, 0.1) is 11.0 Å². The number of nitrogens with zero attached hydrogens (tertiary/aromatic N) is 2. The average molecular weight is 455 g/mol. The second-order valence-electron chi connectivity index (χ2n) is 8.43. The Balaban J connectivity index is 1.40. The maximum Gasteiger partial charge on any atom is 0.251 e. The third-order valence-corrected chi connectivity index (χ3v) is 5.82. The molecule has 34 heavy (non-hydrogen) atoms. The molecule has 0 aliphatic carbocycles. The lowest BCUT2D eigenvalue weighted by molar-refractivity contribution is -0.116. The summed E-state index contributed by atoms with van der Waals surface area (Å²) in [5.41, 5.74) is 5.53. The van der Waals surface area contributed by atoms with Gasteiger partial charge >= 0.3 is 0 Å². The Bertz CT molecular complexity index is 1290. The molecule has 174 valence electrons. The lowest BCUT2D eigenvalue weighted by atomic mass is 10.1. The molecule has 2 N–H and O–H groups in total. The van der Waals surface area contributed by atoms with Crippen LogP contribution in [0.3, 0.4) is 0 Å². The fraction of sp³-hybridized carbons (Fsp3) is 0.250. The number of amides is 2. The van der Waals surface area contributed by atoms with E-state index in [0.717, 1.165) is 41.0 Å².